The molecule has 0 aliphatic carbocycles. The van der Waals surface area contributed by atoms with Crippen molar-refractivity contribution in [2.75, 3.05) is 23.3 Å². The van der Waals surface area contributed by atoms with Crippen LogP contribution in [-0.2, 0) is 0 Å². The minimum Gasteiger partial charge on any atom is -0.372 e. The molecule has 0 radical (unpaired) electrons. The summed E-state index contributed by atoms with van der Waals surface area (Å²) >= 11 is 0. The third kappa shape index (κ3) is 4.24. The Morgan fingerprint density at radius 2 is 1.52 bits per heavy atom. The molecular weight excluding hydrogens is 412 g/mol. The highest BCUT2D eigenvalue weighted by Gasteiger charge is 2.13. The highest BCUT2D eigenvalue weighted by Crippen LogP contribution is 2.22. The predicted molar refractivity (Wildman–Crippen MR) is 133 cm³/mol. The zero-order valence-electron chi connectivity index (χ0n) is 18.6. The van der Waals surface area contributed by atoms with Crippen molar-refractivity contribution in [3.63, 3.8) is 0 Å². The zero-order valence-corrected chi connectivity index (χ0v) is 18.6. The average molecular weight is 439 g/mol. The standard InChI is InChI=1S/C27H26N4O2/c1-19-28-25-8-4-3-7-24(25)27(33)31(19)23-13-9-20(10-14-23)26(32)29-21-11-15-22(16-12-21)30-17-5-2-6-18-30/h3-4,7-16H,2,5-6,17-18H2,1H3,(H,29,32). The second-order valence-corrected chi connectivity index (χ2v) is 8.41. The maximum Gasteiger partial charge on any atom is 0.265 e. The summed E-state index contributed by atoms with van der Waals surface area (Å²) in [5.74, 6) is 0.415. The van der Waals surface area contributed by atoms with E-state index in [0.717, 1.165) is 18.8 Å². The van der Waals surface area contributed by atoms with Crippen molar-refractivity contribution in [3.05, 3.63) is 94.5 Å². The Morgan fingerprint density at radius 1 is 0.848 bits per heavy atom. The first-order chi connectivity index (χ1) is 16.1. The summed E-state index contributed by atoms with van der Waals surface area (Å²) in [6.45, 7) is 3.99. The van der Waals surface area contributed by atoms with Gasteiger partial charge in [0.15, 0.2) is 0 Å². The minimum atomic E-state index is -0.187. The normalized spacial score (nSPS) is 13.8. The Balaban J connectivity index is 1.33. The van der Waals surface area contributed by atoms with Gasteiger partial charge in [-0.25, -0.2) is 4.98 Å². The molecule has 5 rings (SSSR count). The third-order valence-corrected chi connectivity index (χ3v) is 6.18. The van der Waals surface area contributed by atoms with Crippen LogP contribution in [0.3, 0.4) is 0 Å². The molecule has 6 heteroatoms. The molecule has 3 aromatic carbocycles. The lowest BCUT2D eigenvalue weighted by molar-refractivity contribution is 0.102. The number of nitrogens with one attached hydrogen (secondary N) is 1. The molecule has 1 aliphatic heterocycles. The van der Waals surface area contributed by atoms with E-state index < -0.39 is 0 Å². The van der Waals surface area contributed by atoms with Crippen molar-refractivity contribution in [2.24, 2.45) is 0 Å². The average Bonchev–Trinajstić information content (AvgIpc) is 2.85. The van der Waals surface area contributed by atoms with Gasteiger partial charge < -0.3 is 10.2 Å². The number of para-hydroxylation sites is 1. The first-order valence-electron chi connectivity index (χ1n) is 11.4. The quantitative estimate of drug-likeness (QED) is 0.490. The number of amides is 1. The lowest BCUT2D eigenvalue weighted by Crippen LogP contribution is -2.29. The topological polar surface area (TPSA) is 67.2 Å². The monoisotopic (exact) mass is 438 g/mol. The third-order valence-electron chi connectivity index (χ3n) is 6.18. The van der Waals surface area contributed by atoms with Crippen molar-refractivity contribution in [3.8, 4) is 5.69 Å². The predicted octanol–water partition coefficient (Wildman–Crippen LogP) is 4.94. The van der Waals surface area contributed by atoms with E-state index in [1.165, 1.54) is 24.9 Å². The molecule has 0 atom stereocenters. The number of hydrogen-bond donors (Lipinski definition) is 1. The number of piperidine rings is 1. The summed E-state index contributed by atoms with van der Waals surface area (Å²) in [6.07, 6.45) is 3.76. The number of rotatable bonds is 4. The molecule has 1 aliphatic rings. The molecular formula is C27H26N4O2. The molecule has 0 unspecified atom stereocenters. The van der Waals surface area contributed by atoms with Gasteiger partial charge in [-0.1, -0.05) is 12.1 Å². The van der Waals surface area contributed by atoms with Gasteiger partial charge in [0, 0.05) is 30.0 Å². The number of benzene rings is 3. The van der Waals surface area contributed by atoms with Crippen molar-refractivity contribution >= 4 is 28.2 Å². The van der Waals surface area contributed by atoms with E-state index in [1.54, 1.807) is 34.9 Å². The van der Waals surface area contributed by atoms with E-state index >= 15 is 0 Å². The number of nitrogens with zero attached hydrogens (tertiary/aromatic N) is 3. The molecule has 33 heavy (non-hydrogen) atoms. The lowest BCUT2D eigenvalue weighted by Gasteiger charge is -2.28. The van der Waals surface area contributed by atoms with Crippen molar-refractivity contribution < 1.29 is 4.79 Å². The van der Waals surface area contributed by atoms with Gasteiger partial charge in [0.2, 0.25) is 0 Å². The second-order valence-electron chi connectivity index (χ2n) is 8.41. The van der Waals surface area contributed by atoms with Crippen LogP contribution < -0.4 is 15.8 Å². The molecule has 1 aromatic heterocycles. The van der Waals surface area contributed by atoms with Crippen LogP contribution in [-0.4, -0.2) is 28.5 Å². The fraction of sp³-hybridized carbons (Fsp3) is 0.222. The summed E-state index contributed by atoms with van der Waals surface area (Å²) in [5.41, 5.74) is 3.72. The fourth-order valence-electron chi connectivity index (χ4n) is 4.42. The molecule has 1 amide bonds. The van der Waals surface area contributed by atoms with Gasteiger partial charge in [0.05, 0.1) is 16.6 Å². The van der Waals surface area contributed by atoms with Crippen molar-refractivity contribution in [2.45, 2.75) is 26.2 Å². The maximum absolute atomic E-state index is 13.0. The Morgan fingerprint density at radius 3 is 2.24 bits per heavy atom. The molecule has 4 aromatic rings. The molecule has 2 heterocycles. The fourth-order valence-corrected chi connectivity index (χ4v) is 4.42. The van der Waals surface area contributed by atoms with Gasteiger partial charge in [-0.15, -0.1) is 0 Å². The van der Waals surface area contributed by atoms with Crippen LogP contribution in [0.25, 0.3) is 16.6 Å². The van der Waals surface area contributed by atoms with Crippen LogP contribution in [0.1, 0.15) is 35.4 Å². The van der Waals surface area contributed by atoms with E-state index in [4.69, 9.17) is 0 Å². The van der Waals surface area contributed by atoms with Gasteiger partial charge in [-0.3, -0.25) is 14.2 Å². The first kappa shape index (κ1) is 20.9. The number of hydrogen-bond acceptors (Lipinski definition) is 4. The second kappa shape index (κ2) is 8.90. The molecule has 1 N–H and O–H groups in total. The summed E-state index contributed by atoms with van der Waals surface area (Å²) in [6, 6.07) is 22.3. The van der Waals surface area contributed by atoms with Gasteiger partial charge in [-0.05, 0) is 86.8 Å². The van der Waals surface area contributed by atoms with Crippen molar-refractivity contribution in [1.29, 1.82) is 0 Å². The Labute approximate surface area is 192 Å². The summed E-state index contributed by atoms with van der Waals surface area (Å²) in [4.78, 5) is 32.7. The number of carbonyl (C=O) groups excluding carboxylic acids is 1. The zero-order chi connectivity index (χ0) is 22.8. The smallest absolute Gasteiger partial charge is 0.265 e. The van der Waals surface area contributed by atoms with Gasteiger partial charge in [0.1, 0.15) is 5.82 Å². The maximum atomic E-state index is 13.0. The number of fused-ring (bicyclic) bond motifs is 1. The molecule has 166 valence electrons. The minimum absolute atomic E-state index is 0.121. The SMILES string of the molecule is Cc1nc2ccccc2c(=O)n1-c1ccc(C(=O)Nc2ccc(N3CCCCC3)cc2)cc1. The van der Waals surface area contributed by atoms with E-state index in [9.17, 15) is 9.59 Å². The summed E-state index contributed by atoms with van der Waals surface area (Å²) in [7, 11) is 0. The van der Waals surface area contributed by atoms with Crippen LogP contribution >= 0.6 is 0 Å². The Bertz CT molecular complexity index is 1350. The number of carbonyl (C=O) groups is 1. The number of aryl methyl sites for hydroxylation is 1. The first-order valence-corrected chi connectivity index (χ1v) is 11.4. The van der Waals surface area contributed by atoms with Crippen LogP contribution in [0.15, 0.2) is 77.6 Å². The van der Waals surface area contributed by atoms with Gasteiger partial charge >= 0.3 is 0 Å². The molecule has 0 spiro atoms. The highest BCUT2D eigenvalue weighted by molar-refractivity contribution is 6.04. The summed E-state index contributed by atoms with van der Waals surface area (Å²) in [5, 5.41) is 3.52. The van der Waals surface area contributed by atoms with Gasteiger partial charge in [0.25, 0.3) is 11.5 Å². The molecule has 6 nitrogen and oxygen atoms in total. The van der Waals surface area contributed by atoms with E-state index in [1.807, 2.05) is 37.3 Å². The number of aromatic nitrogens is 2. The van der Waals surface area contributed by atoms with E-state index in [0.29, 0.717) is 28.0 Å². The van der Waals surface area contributed by atoms with Crippen LogP contribution in [0, 0.1) is 6.92 Å². The molecule has 1 fully saturated rings. The largest absolute Gasteiger partial charge is 0.372 e. The van der Waals surface area contributed by atoms with Gasteiger partial charge in [-0.2, -0.15) is 0 Å². The van der Waals surface area contributed by atoms with Crippen LogP contribution in [0.4, 0.5) is 11.4 Å². The van der Waals surface area contributed by atoms with Crippen molar-refractivity contribution in [1.82, 2.24) is 9.55 Å². The Hall–Kier alpha value is -3.93. The summed E-state index contributed by atoms with van der Waals surface area (Å²) < 4.78 is 1.57. The highest BCUT2D eigenvalue weighted by atomic mass is 16.1. The van der Waals surface area contributed by atoms with E-state index in [-0.39, 0.29) is 11.5 Å². The molecule has 0 bridgehead atoms. The lowest BCUT2D eigenvalue weighted by atomic mass is 10.1. The van der Waals surface area contributed by atoms with E-state index in [2.05, 4.69) is 27.3 Å². The number of anilines is 2. The molecule has 0 saturated carbocycles. The molecule has 1 saturated heterocycles. The van der Waals surface area contributed by atoms with Crippen LogP contribution in [0.5, 0.6) is 0 Å². The van der Waals surface area contributed by atoms with Crippen LogP contribution in [0.2, 0.25) is 0 Å². The Kier molecular flexibility index (Phi) is 5.65.